The van der Waals surface area contributed by atoms with Crippen molar-refractivity contribution in [2.75, 3.05) is 17.9 Å². The molecule has 0 atom stereocenters. The number of amides is 1. The quantitative estimate of drug-likeness (QED) is 0.299. The van der Waals surface area contributed by atoms with E-state index in [1.54, 1.807) is 12.1 Å². The summed E-state index contributed by atoms with van der Waals surface area (Å²) in [7, 11) is 0. The van der Waals surface area contributed by atoms with Crippen LogP contribution in [0.1, 0.15) is 26.3 Å². The summed E-state index contributed by atoms with van der Waals surface area (Å²) in [4.78, 5) is 12.7. The molecule has 1 amide bonds. The number of benzene rings is 3. The predicted octanol–water partition coefficient (Wildman–Crippen LogP) is 6.34. The van der Waals surface area contributed by atoms with Crippen molar-refractivity contribution in [3.63, 3.8) is 0 Å². The monoisotopic (exact) mass is 520 g/mol. The number of thioether (sulfide) groups is 1. The van der Waals surface area contributed by atoms with Crippen molar-refractivity contribution < 1.29 is 14.3 Å². The molecule has 0 unspecified atom stereocenters. The second-order valence-electron chi connectivity index (χ2n) is 9.32. The molecule has 1 aromatic heterocycles. The van der Waals surface area contributed by atoms with Gasteiger partial charge in [-0.15, -0.1) is 10.2 Å². The zero-order valence-electron chi connectivity index (χ0n) is 20.1. The fraction of sp³-hybridized carbons (Fsp3) is 0.222. The molecule has 0 saturated heterocycles. The summed E-state index contributed by atoms with van der Waals surface area (Å²) in [5.74, 6) is 1.96. The molecule has 5 rings (SSSR count). The number of ether oxygens (including phenoxy) is 2. The van der Waals surface area contributed by atoms with Crippen LogP contribution in [0.25, 0.3) is 17.1 Å². The fourth-order valence-corrected chi connectivity index (χ4v) is 4.74. The van der Waals surface area contributed by atoms with Crippen LogP contribution in [0.3, 0.4) is 0 Å². The Morgan fingerprint density at radius 3 is 2.53 bits per heavy atom. The van der Waals surface area contributed by atoms with Crippen LogP contribution in [0.5, 0.6) is 11.5 Å². The number of nitrogens with zero attached hydrogens (tertiary/aromatic N) is 3. The van der Waals surface area contributed by atoms with Crippen molar-refractivity contribution >= 4 is 35.0 Å². The van der Waals surface area contributed by atoms with Gasteiger partial charge in [-0.2, -0.15) is 0 Å². The van der Waals surface area contributed by atoms with Gasteiger partial charge < -0.3 is 14.8 Å². The number of hydrogen-bond donors (Lipinski definition) is 1. The smallest absolute Gasteiger partial charge is 0.234 e. The molecule has 1 aliphatic rings. The fourth-order valence-electron chi connectivity index (χ4n) is 3.81. The molecule has 1 aliphatic heterocycles. The molecule has 1 N–H and O–H groups in total. The van der Waals surface area contributed by atoms with E-state index in [1.807, 2.05) is 47.0 Å². The third-order valence-corrected chi connectivity index (χ3v) is 7.00. The first-order valence-electron chi connectivity index (χ1n) is 11.4. The van der Waals surface area contributed by atoms with Crippen LogP contribution in [0.4, 0.5) is 5.69 Å². The van der Waals surface area contributed by atoms with E-state index < -0.39 is 0 Å². The molecule has 184 valence electrons. The molecule has 0 radical (unpaired) electrons. The van der Waals surface area contributed by atoms with E-state index in [9.17, 15) is 4.79 Å². The molecule has 4 aromatic rings. The average molecular weight is 521 g/mol. The highest BCUT2D eigenvalue weighted by Crippen LogP contribution is 2.37. The van der Waals surface area contributed by atoms with E-state index in [2.05, 4.69) is 48.4 Å². The number of anilines is 1. The first kappa shape index (κ1) is 24.2. The number of halogens is 1. The van der Waals surface area contributed by atoms with Gasteiger partial charge in [-0.25, -0.2) is 0 Å². The van der Waals surface area contributed by atoms with E-state index >= 15 is 0 Å². The standard InChI is InChI=1S/C27H25ClN4O3S/c1-27(2,3)18-10-8-17(9-11-18)25-30-31-26(32(25)19-12-13-22-23(14-19)35-16-34-22)36-15-24(33)29-21-7-5-4-6-20(21)28/h4-14H,15-16H2,1-3H3,(H,29,33). The van der Waals surface area contributed by atoms with Crippen LogP contribution >= 0.6 is 23.4 Å². The van der Waals surface area contributed by atoms with Gasteiger partial charge in [0.1, 0.15) is 0 Å². The predicted molar refractivity (Wildman–Crippen MR) is 142 cm³/mol. The summed E-state index contributed by atoms with van der Waals surface area (Å²) >= 11 is 7.47. The molecule has 36 heavy (non-hydrogen) atoms. The second-order valence-corrected chi connectivity index (χ2v) is 10.7. The summed E-state index contributed by atoms with van der Waals surface area (Å²) in [5.41, 5.74) is 3.57. The minimum Gasteiger partial charge on any atom is -0.454 e. The normalized spacial score (nSPS) is 12.6. The molecular weight excluding hydrogens is 496 g/mol. The molecule has 2 heterocycles. The van der Waals surface area contributed by atoms with Crippen LogP contribution in [-0.2, 0) is 10.2 Å². The van der Waals surface area contributed by atoms with E-state index in [1.165, 1.54) is 17.3 Å². The number of fused-ring (bicyclic) bond motifs is 1. The lowest BCUT2D eigenvalue weighted by Crippen LogP contribution is -2.14. The molecule has 0 saturated carbocycles. The van der Waals surface area contributed by atoms with Crippen molar-refractivity contribution in [2.24, 2.45) is 0 Å². The SMILES string of the molecule is CC(C)(C)c1ccc(-c2nnc(SCC(=O)Nc3ccccc3Cl)n2-c2ccc3c(c2)OCO3)cc1. The lowest BCUT2D eigenvalue weighted by Gasteiger charge is -2.19. The molecule has 9 heteroatoms. The Balaban J connectivity index is 1.46. The van der Waals surface area contributed by atoms with Gasteiger partial charge >= 0.3 is 0 Å². The molecule has 0 bridgehead atoms. The minimum absolute atomic E-state index is 0.0412. The highest BCUT2D eigenvalue weighted by molar-refractivity contribution is 7.99. The summed E-state index contributed by atoms with van der Waals surface area (Å²) in [6.07, 6.45) is 0. The first-order valence-corrected chi connectivity index (χ1v) is 12.8. The Morgan fingerprint density at radius 2 is 1.78 bits per heavy atom. The van der Waals surface area contributed by atoms with Gasteiger partial charge in [-0.3, -0.25) is 9.36 Å². The van der Waals surface area contributed by atoms with Gasteiger partial charge in [0.25, 0.3) is 0 Å². The summed E-state index contributed by atoms with van der Waals surface area (Å²) in [6.45, 7) is 6.73. The lowest BCUT2D eigenvalue weighted by atomic mass is 9.87. The molecule has 0 aliphatic carbocycles. The van der Waals surface area contributed by atoms with Crippen LogP contribution in [0.2, 0.25) is 5.02 Å². The minimum atomic E-state index is -0.190. The Morgan fingerprint density at radius 1 is 1.03 bits per heavy atom. The molecule has 0 fully saturated rings. The Bertz CT molecular complexity index is 1410. The number of nitrogens with one attached hydrogen (secondary N) is 1. The van der Waals surface area contributed by atoms with Gasteiger partial charge in [0.05, 0.1) is 22.2 Å². The van der Waals surface area contributed by atoms with Gasteiger partial charge in [0, 0.05) is 11.6 Å². The number of carbonyl (C=O) groups excluding carboxylic acids is 1. The van der Waals surface area contributed by atoms with Gasteiger partial charge in [-0.1, -0.05) is 80.5 Å². The summed E-state index contributed by atoms with van der Waals surface area (Å²) in [6, 6.07) is 21.1. The maximum atomic E-state index is 12.7. The van der Waals surface area contributed by atoms with Crippen molar-refractivity contribution in [3.8, 4) is 28.6 Å². The highest BCUT2D eigenvalue weighted by Gasteiger charge is 2.21. The number of aromatic nitrogens is 3. The number of hydrogen-bond acceptors (Lipinski definition) is 6. The molecule has 3 aromatic carbocycles. The second kappa shape index (κ2) is 9.87. The average Bonchev–Trinajstić information content (AvgIpc) is 3.50. The zero-order chi connectivity index (χ0) is 25.3. The first-order chi connectivity index (χ1) is 17.3. The van der Waals surface area contributed by atoms with Crippen LogP contribution in [0.15, 0.2) is 71.9 Å². The lowest BCUT2D eigenvalue weighted by molar-refractivity contribution is -0.113. The summed E-state index contributed by atoms with van der Waals surface area (Å²) in [5, 5.41) is 12.8. The Labute approximate surface area is 218 Å². The van der Waals surface area contributed by atoms with Gasteiger partial charge in [-0.05, 0) is 35.2 Å². The van der Waals surface area contributed by atoms with Crippen molar-refractivity contribution in [1.82, 2.24) is 14.8 Å². The molecular formula is C27H25ClN4O3S. The van der Waals surface area contributed by atoms with Gasteiger partial charge in [0.15, 0.2) is 22.5 Å². The zero-order valence-corrected chi connectivity index (χ0v) is 21.7. The number of carbonyl (C=O) groups is 1. The third-order valence-electron chi connectivity index (χ3n) is 5.74. The van der Waals surface area contributed by atoms with E-state index in [0.717, 1.165) is 11.3 Å². The Hall–Kier alpha value is -3.49. The van der Waals surface area contributed by atoms with Crippen molar-refractivity contribution in [3.05, 3.63) is 77.3 Å². The number of rotatable bonds is 6. The largest absolute Gasteiger partial charge is 0.454 e. The van der Waals surface area contributed by atoms with E-state index in [0.29, 0.717) is 33.2 Å². The number of para-hydroxylation sites is 1. The van der Waals surface area contributed by atoms with Crippen LogP contribution in [0, 0.1) is 0 Å². The van der Waals surface area contributed by atoms with E-state index in [4.69, 9.17) is 21.1 Å². The van der Waals surface area contributed by atoms with E-state index in [-0.39, 0.29) is 23.9 Å². The Kier molecular flexibility index (Phi) is 6.64. The third kappa shape index (κ3) is 5.05. The van der Waals surface area contributed by atoms with Gasteiger partial charge in [0.2, 0.25) is 12.7 Å². The molecule has 7 nitrogen and oxygen atoms in total. The van der Waals surface area contributed by atoms with Crippen molar-refractivity contribution in [1.29, 1.82) is 0 Å². The maximum absolute atomic E-state index is 12.7. The molecule has 0 spiro atoms. The van der Waals surface area contributed by atoms with Crippen molar-refractivity contribution in [2.45, 2.75) is 31.3 Å². The van der Waals surface area contributed by atoms with Crippen LogP contribution < -0.4 is 14.8 Å². The highest BCUT2D eigenvalue weighted by atomic mass is 35.5. The summed E-state index contributed by atoms with van der Waals surface area (Å²) < 4.78 is 13.0. The maximum Gasteiger partial charge on any atom is 0.234 e. The topological polar surface area (TPSA) is 78.3 Å². The van der Waals surface area contributed by atoms with Crippen LogP contribution in [-0.4, -0.2) is 33.2 Å².